The maximum absolute atomic E-state index is 12.5. The number of imide groups is 1. The van der Waals surface area contributed by atoms with Gasteiger partial charge in [-0.05, 0) is 31.0 Å². The molecule has 3 rings (SSSR count). The number of nitrogens with one attached hydrogen (secondary N) is 1. The van der Waals surface area contributed by atoms with Gasteiger partial charge in [-0.25, -0.2) is 0 Å². The normalized spacial score (nSPS) is 26.3. The molecule has 7 nitrogen and oxygen atoms in total. The molecule has 1 saturated carbocycles. The van der Waals surface area contributed by atoms with Gasteiger partial charge in [0.2, 0.25) is 11.8 Å². The summed E-state index contributed by atoms with van der Waals surface area (Å²) in [7, 11) is 0. The van der Waals surface area contributed by atoms with E-state index in [1.54, 1.807) is 18.2 Å². The Morgan fingerprint density at radius 1 is 1.14 bits per heavy atom. The Balaban J connectivity index is 1.52. The number of carbonyl (C=O) groups excluding carboxylic acids is 4. The van der Waals surface area contributed by atoms with Crippen LogP contribution in [0.15, 0.2) is 22.7 Å². The Bertz CT molecular complexity index is 840. The molecule has 1 aliphatic carbocycles. The van der Waals surface area contributed by atoms with E-state index in [9.17, 15) is 19.2 Å². The van der Waals surface area contributed by atoms with Crippen molar-refractivity contribution in [3.63, 3.8) is 0 Å². The third-order valence-electron chi connectivity index (χ3n) is 4.86. The zero-order chi connectivity index (χ0) is 21.3. The molecule has 1 heterocycles. The summed E-state index contributed by atoms with van der Waals surface area (Å²) in [5.74, 6) is -3.01. The summed E-state index contributed by atoms with van der Waals surface area (Å²) in [6.45, 7) is -1.06. The SMILES string of the molecule is O=C(COC(=O)CN1C(=O)[C@@H]2C[C@@H](Br)[C@@H](Br)C[C@H]2C1=O)Nc1ccc(Br)cc1Cl. The summed E-state index contributed by atoms with van der Waals surface area (Å²) < 4.78 is 5.68. The molecule has 156 valence electrons. The molecule has 0 radical (unpaired) electrons. The minimum Gasteiger partial charge on any atom is -0.454 e. The van der Waals surface area contributed by atoms with Crippen LogP contribution in [0, 0.1) is 11.8 Å². The molecular weight excluding hydrogens is 599 g/mol. The second-order valence-corrected chi connectivity index (χ2v) is 10.5. The summed E-state index contributed by atoms with van der Waals surface area (Å²) in [6.07, 6.45) is 1.04. The number of carbonyl (C=O) groups is 4. The maximum Gasteiger partial charge on any atom is 0.326 e. The molecule has 1 N–H and O–H groups in total. The lowest BCUT2D eigenvalue weighted by Gasteiger charge is -2.29. The number of hydrogen-bond acceptors (Lipinski definition) is 5. The van der Waals surface area contributed by atoms with E-state index in [1.165, 1.54) is 0 Å². The molecule has 1 aromatic rings. The Morgan fingerprint density at radius 3 is 2.28 bits per heavy atom. The lowest BCUT2D eigenvalue weighted by atomic mass is 9.81. The van der Waals surface area contributed by atoms with E-state index in [0.29, 0.717) is 23.6 Å². The van der Waals surface area contributed by atoms with Crippen molar-refractivity contribution >= 4 is 88.8 Å². The van der Waals surface area contributed by atoms with E-state index in [0.717, 1.165) is 9.37 Å². The van der Waals surface area contributed by atoms with Crippen molar-refractivity contribution in [3.05, 3.63) is 27.7 Å². The number of benzene rings is 1. The van der Waals surface area contributed by atoms with Crippen molar-refractivity contribution in [1.29, 1.82) is 0 Å². The zero-order valence-corrected chi connectivity index (χ0v) is 20.4. The lowest BCUT2D eigenvalue weighted by molar-refractivity contribution is -0.154. The van der Waals surface area contributed by atoms with Gasteiger partial charge in [0.15, 0.2) is 6.61 Å². The summed E-state index contributed by atoms with van der Waals surface area (Å²) in [5, 5.41) is 2.85. The van der Waals surface area contributed by atoms with Crippen LogP contribution in [0.25, 0.3) is 0 Å². The number of amides is 3. The van der Waals surface area contributed by atoms with Crippen LogP contribution in [0.5, 0.6) is 0 Å². The average molecular weight is 616 g/mol. The number of anilines is 1. The highest BCUT2D eigenvalue weighted by molar-refractivity contribution is 9.12. The largest absolute Gasteiger partial charge is 0.454 e. The average Bonchev–Trinajstić information content (AvgIpc) is 2.87. The fraction of sp³-hybridized carbons (Fsp3) is 0.444. The van der Waals surface area contributed by atoms with Gasteiger partial charge in [-0.15, -0.1) is 0 Å². The fourth-order valence-electron chi connectivity index (χ4n) is 3.42. The van der Waals surface area contributed by atoms with Crippen LogP contribution in [-0.2, 0) is 23.9 Å². The van der Waals surface area contributed by atoms with E-state index in [2.05, 4.69) is 53.1 Å². The van der Waals surface area contributed by atoms with Crippen LogP contribution in [0.1, 0.15) is 12.8 Å². The van der Waals surface area contributed by atoms with Crippen molar-refractivity contribution in [2.45, 2.75) is 22.5 Å². The van der Waals surface area contributed by atoms with Crippen LogP contribution in [0.3, 0.4) is 0 Å². The van der Waals surface area contributed by atoms with Crippen LogP contribution in [-0.4, -0.2) is 51.4 Å². The number of halogens is 4. The second-order valence-electron chi connectivity index (χ2n) is 6.81. The first-order chi connectivity index (χ1) is 13.7. The molecule has 1 aromatic carbocycles. The van der Waals surface area contributed by atoms with Gasteiger partial charge < -0.3 is 10.1 Å². The van der Waals surface area contributed by atoms with Crippen LogP contribution < -0.4 is 5.32 Å². The second kappa shape index (κ2) is 9.45. The van der Waals surface area contributed by atoms with Gasteiger partial charge >= 0.3 is 5.97 Å². The van der Waals surface area contributed by atoms with Gasteiger partial charge in [0.25, 0.3) is 5.91 Å². The highest BCUT2D eigenvalue weighted by atomic mass is 79.9. The van der Waals surface area contributed by atoms with Crippen molar-refractivity contribution in [3.8, 4) is 0 Å². The summed E-state index contributed by atoms with van der Waals surface area (Å²) >= 11 is 16.3. The molecule has 11 heteroatoms. The Kier molecular flexibility index (Phi) is 7.40. The molecule has 0 aromatic heterocycles. The minimum absolute atomic E-state index is 0.0848. The highest BCUT2D eigenvalue weighted by Crippen LogP contribution is 2.43. The number of likely N-dealkylation sites (tertiary alicyclic amines) is 1. The fourth-order valence-corrected chi connectivity index (χ4v) is 5.38. The van der Waals surface area contributed by atoms with E-state index in [4.69, 9.17) is 16.3 Å². The molecule has 2 fully saturated rings. The van der Waals surface area contributed by atoms with Gasteiger partial charge in [0.05, 0.1) is 22.5 Å². The molecule has 2 aliphatic rings. The molecule has 1 saturated heterocycles. The number of hydrogen-bond donors (Lipinski definition) is 1. The van der Waals surface area contributed by atoms with E-state index in [1.807, 2.05) is 0 Å². The first-order valence-corrected chi connectivity index (χ1v) is 11.7. The van der Waals surface area contributed by atoms with Gasteiger partial charge in [-0.2, -0.15) is 0 Å². The third kappa shape index (κ3) is 5.21. The summed E-state index contributed by atoms with van der Waals surface area (Å²) in [4.78, 5) is 50.3. The predicted octanol–water partition coefficient (Wildman–Crippen LogP) is 3.51. The molecule has 0 bridgehead atoms. The Morgan fingerprint density at radius 2 is 1.72 bits per heavy atom. The molecule has 3 amide bonds. The van der Waals surface area contributed by atoms with Crippen molar-refractivity contribution in [2.75, 3.05) is 18.5 Å². The third-order valence-corrected chi connectivity index (χ3v) is 8.40. The van der Waals surface area contributed by atoms with Crippen molar-refractivity contribution in [1.82, 2.24) is 4.90 Å². The monoisotopic (exact) mass is 612 g/mol. The highest BCUT2D eigenvalue weighted by Gasteiger charge is 2.52. The summed E-state index contributed by atoms with van der Waals surface area (Å²) in [5.41, 5.74) is 0.374. The molecule has 4 atom stereocenters. The first-order valence-electron chi connectivity index (χ1n) is 8.71. The van der Waals surface area contributed by atoms with Gasteiger partial charge in [-0.1, -0.05) is 59.4 Å². The molecule has 29 heavy (non-hydrogen) atoms. The number of rotatable bonds is 5. The topological polar surface area (TPSA) is 92.8 Å². The lowest BCUT2D eigenvalue weighted by Crippen LogP contribution is -2.37. The standard InChI is InChI=1S/C18H16Br3ClN2O5/c19-8-1-2-14(13(22)3-8)23-15(25)7-29-16(26)6-24-17(27)9-4-11(20)12(21)5-10(9)18(24)28/h1-3,9-12H,4-7H2,(H,23,25)/t9-,10-,11-,12+/m1/s1. The van der Waals surface area contributed by atoms with E-state index < -0.39 is 36.9 Å². The smallest absolute Gasteiger partial charge is 0.326 e. The van der Waals surface area contributed by atoms with Crippen LogP contribution in [0.2, 0.25) is 5.02 Å². The van der Waals surface area contributed by atoms with Crippen LogP contribution >= 0.6 is 59.4 Å². The number of fused-ring (bicyclic) bond motifs is 1. The Labute approximate surface area is 197 Å². The zero-order valence-electron chi connectivity index (χ0n) is 14.9. The van der Waals surface area contributed by atoms with Crippen LogP contribution in [0.4, 0.5) is 5.69 Å². The Hall–Kier alpha value is -0.970. The van der Waals surface area contributed by atoms with Gasteiger partial charge in [0, 0.05) is 14.1 Å². The number of ether oxygens (including phenoxy) is 1. The quantitative estimate of drug-likeness (QED) is 0.311. The maximum atomic E-state index is 12.5. The molecule has 1 aliphatic heterocycles. The first kappa shape index (κ1) is 22.7. The summed E-state index contributed by atoms with van der Waals surface area (Å²) in [6, 6.07) is 4.92. The van der Waals surface area contributed by atoms with E-state index in [-0.39, 0.29) is 21.5 Å². The number of nitrogens with zero attached hydrogens (tertiary/aromatic N) is 1. The number of alkyl halides is 2. The molecule has 0 spiro atoms. The molecular formula is C18H16Br3ClN2O5. The molecule has 0 unspecified atom stereocenters. The number of esters is 1. The van der Waals surface area contributed by atoms with Crippen molar-refractivity contribution in [2.24, 2.45) is 11.8 Å². The van der Waals surface area contributed by atoms with E-state index >= 15 is 0 Å². The van der Waals surface area contributed by atoms with Gasteiger partial charge in [0.1, 0.15) is 6.54 Å². The minimum atomic E-state index is -0.826. The van der Waals surface area contributed by atoms with Gasteiger partial charge in [-0.3, -0.25) is 24.1 Å². The van der Waals surface area contributed by atoms with Crippen molar-refractivity contribution < 1.29 is 23.9 Å². The predicted molar refractivity (Wildman–Crippen MR) is 117 cm³/mol.